The van der Waals surface area contributed by atoms with Crippen LogP contribution in [0, 0.1) is 32.6 Å². The van der Waals surface area contributed by atoms with E-state index in [-0.39, 0.29) is 18.3 Å². The Bertz CT molecular complexity index is 748. The number of benzene rings is 1. The van der Waals surface area contributed by atoms with Gasteiger partial charge in [0.2, 0.25) is 0 Å². The van der Waals surface area contributed by atoms with Gasteiger partial charge in [-0.3, -0.25) is 4.79 Å². The molecule has 0 bridgehead atoms. The summed E-state index contributed by atoms with van der Waals surface area (Å²) >= 11 is 0. The molecule has 2 unspecified atom stereocenters. The number of ether oxygens (including phenoxy) is 3. The summed E-state index contributed by atoms with van der Waals surface area (Å²) in [5.74, 6) is 0.729. The van der Waals surface area contributed by atoms with Crippen molar-refractivity contribution in [3.63, 3.8) is 0 Å². The lowest BCUT2D eigenvalue weighted by atomic mass is 9.87. The summed E-state index contributed by atoms with van der Waals surface area (Å²) in [6, 6.07) is 4.12. The Kier molecular flexibility index (Phi) is 6.00. The van der Waals surface area contributed by atoms with Crippen molar-refractivity contribution in [2.45, 2.75) is 47.0 Å². The van der Waals surface area contributed by atoms with Crippen LogP contribution in [0.5, 0.6) is 0 Å². The second-order valence-corrected chi connectivity index (χ2v) is 7.59. The molecule has 0 saturated carbocycles. The second kappa shape index (κ2) is 8.26. The number of hydrogen-bond acceptors (Lipinski definition) is 5. The van der Waals surface area contributed by atoms with Gasteiger partial charge in [0.15, 0.2) is 5.78 Å². The van der Waals surface area contributed by atoms with Gasteiger partial charge in [-0.05, 0) is 63.1 Å². The molecule has 1 aromatic rings. The van der Waals surface area contributed by atoms with E-state index in [2.05, 4.69) is 12.1 Å². The third kappa shape index (κ3) is 4.24. The Morgan fingerprint density at radius 3 is 2.52 bits per heavy atom. The predicted octanol–water partition coefficient (Wildman–Crippen LogP) is 4.51. The van der Waals surface area contributed by atoms with E-state index in [0.717, 1.165) is 41.7 Å². The standard InChI is InChI=1S/C22H28O5/c1-5-26-22(24)27-18-11-17(10-16-6-7-25-12-16)21(23)20(18)19-14(3)8-13(2)9-15(19)4/h8-9,16-17H,5-7,10-12H2,1-4H3. The van der Waals surface area contributed by atoms with Gasteiger partial charge in [0.1, 0.15) is 5.76 Å². The normalized spacial score (nSPS) is 22.4. The van der Waals surface area contributed by atoms with Crippen molar-refractivity contribution in [1.29, 1.82) is 0 Å². The van der Waals surface area contributed by atoms with Crippen LogP contribution >= 0.6 is 0 Å². The molecule has 2 atom stereocenters. The Morgan fingerprint density at radius 1 is 1.22 bits per heavy atom. The largest absolute Gasteiger partial charge is 0.513 e. The minimum Gasteiger partial charge on any atom is -0.434 e. The number of Topliss-reactive ketones (excluding diaryl/α,β-unsaturated/α-hetero) is 1. The van der Waals surface area contributed by atoms with Gasteiger partial charge in [0.05, 0.1) is 12.2 Å². The molecule has 3 rings (SSSR count). The molecule has 0 spiro atoms. The molecule has 0 aromatic heterocycles. The van der Waals surface area contributed by atoms with Crippen molar-refractivity contribution < 1.29 is 23.8 Å². The Labute approximate surface area is 160 Å². The summed E-state index contributed by atoms with van der Waals surface area (Å²) in [6.45, 7) is 9.46. The molecule has 0 radical (unpaired) electrons. The van der Waals surface area contributed by atoms with Crippen molar-refractivity contribution in [2.75, 3.05) is 19.8 Å². The zero-order valence-corrected chi connectivity index (χ0v) is 16.6. The summed E-state index contributed by atoms with van der Waals surface area (Å²) < 4.78 is 15.9. The molecule has 1 aromatic carbocycles. The van der Waals surface area contributed by atoms with Gasteiger partial charge in [-0.1, -0.05) is 17.7 Å². The Hall–Kier alpha value is -2.14. The lowest BCUT2D eigenvalue weighted by Crippen LogP contribution is -2.15. The molecular formula is C22H28O5. The van der Waals surface area contributed by atoms with E-state index < -0.39 is 6.16 Å². The van der Waals surface area contributed by atoms with E-state index in [4.69, 9.17) is 14.2 Å². The van der Waals surface area contributed by atoms with Crippen LogP contribution in [0.3, 0.4) is 0 Å². The first-order chi connectivity index (χ1) is 12.9. The van der Waals surface area contributed by atoms with Crippen molar-refractivity contribution in [2.24, 2.45) is 11.8 Å². The molecule has 1 heterocycles. The highest BCUT2D eigenvalue weighted by Gasteiger charge is 2.39. The van der Waals surface area contributed by atoms with Gasteiger partial charge in [0.25, 0.3) is 0 Å². The average Bonchev–Trinajstić information content (AvgIpc) is 3.18. The van der Waals surface area contributed by atoms with Crippen LogP contribution in [0.2, 0.25) is 0 Å². The molecule has 5 heteroatoms. The van der Waals surface area contributed by atoms with Crippen LogP contribution in [0.15, 0.2) is 17.9 Å². The fraction of sp³-hybridized carbons (Fsp3) is 0.545. The van der Waals surface area contributed by atoms with Crippen LogP contribution in [-0.4, -0.2) is 31.8 Å². The zero-order chi connectivity index (χ0) is 19.6. The van der Waals surface area contributed by atoms with E-state index in [1.807, 2.05) is 20.8 Å². The maximum Gasteiger partial charge on any atom is 0.513 e. The maximum absolute atomic E-state index is 13.3. The summed E-state index contributed by atoms with van der Waals surface area (Å²) in [4.78, 5) is 25.2. The van der Waals surface area contributed by atoms with Gasteiger partial charge in [0, 0.05) is 25.6 Å². The molecule has 1 aliphatic carbocycles. The molecule has 0 amide bonds. The molecule has 27 heavy (non-hydrogen) atoms. The molecule has 1 fully saturated rings. The number of carbonyl (C=O) groups excluding carboxylic acids is 2. The van der Waals surface area contributed by atoms with Crippen LogP contribution < -0.4 is 0 Å². The second-order valence-electron chi connectivity index (χ2n) is 7.59. The van der Waals surface area contributed by atoms with Gasteiger partial charge in [-0.2, -0.15) is 0 Å². The van der Waals surface area contributed by atoms with Crippen molar-refractivity contribution in [1.82, 2.24) is 0 Å². The Balaban J connectivity index is 1.95. The first-order valence-corrected chi connectivity index (χ1v) is 9.68. The summed E-state index contributed by atoms with van der Waals surface area (Å²) in [5.41, 5.74) is 4.61. The number of carbonyl (C=O) groups is 2. The molecule has 1 aliphatic heterocycles. The highest BCUT2D eigenvalue weighted by Crippen LogP contribution is 2.41. The summed E-state index contributed by atoms with van der Waals surface area (Å²) in [7, 11) is 0. The number of ketones is 1. The minimum atomic E-state index is -0.745. The van der Waals surface area contributed by atoms with E-state index in [9.17, 15) is 9.59 Å². The smallest absolute Gasteiger partial charge is 0.434 e. The molecule has 0 N–H and O–H groups in total. The maximum atomic E-state index is 13.3. The quantitative estimate of drug-likeness (QED) is 0.712. The van der Waals surface area contributed by atoms with Crippen LogP contribution in [0.1, 0.15) is 48.4 Å². The minimum absolute atomic E-state index is 0.0660. The topological polar surface area (TPSA) is 61.8 Å². The van der Waals surface area contributed by atoms with Crippen LogP contribution in [0.4, 0.5) is 4.79 Å². The third-order valence-electron chi connectivity index (χ3n) is 5.37. The molecule has 146 valence electrons. The average molecular weight is 372 g/mol. The van der Waals surface area contributed by atoms with Crippen molar-refractivity contribution >= 4 is 17.5 Å². The monoisotopic (exact) mass is 372 g/mol. The van der Waals surface area contributed by atoms with Gasteiger partial charge >= 0.3 is 6.16 Å². The van der Waals surface area contributed by atoms with Gasteiger partial charge < -0.3 is 14.2 Å². The Morgan fingerprint density at radius 2 is 1.93 bits per heavy atom. The van der Waals surface area contributed by atoms with E-state index >= 15 is 0 Å². The third-order valence-corrected chi connectivity index (χ3v) is 5.37. The first-order valence-electron chi connectivity index (χ1n) is 9.68. The number of rotatable bonds is 5. The molecule has 5 nitrogen and oxygen atoms in total. The number of hydrogen-bond donors (Lipinski definition) is 0. The van der Waals surface area contributed by atoms with Crippen LogP contribution in [0.25, 0.3) is 5.57 Å². The highest BCUT2D eigenvalue weighted by atomic mass is 16.7. The zero-order valence-electron chi connectivity index (χ0n) is 16.6. The fourth-order valence-electron chi connectivity index (χ4n) is 4.30. The van der Waals surface area contributed by atoms with E-state index in [1.54, 1.807) is 6.92 Å². The van der Waals surface area contributed by atoms with Crippen molar-refractivity contribution in [3.05, 3.63) is 40.1 Å². The van der Waals surface area contributed by atoms with Gasteiger partial charge in [-0.25, -0.2) is 4.79 Å². The SMILES string of the molecule is CCOC(=O)OC1=C(c2c(C)cc(C)cc2C)C(=O)C(CC2CCOC2)C1. The highest BCUT2D eigenvalue weighted by molar-refractivity contribution is 6.25. The van der Waals surface area contributed by atoms with E-state index in [0.29, 0.717) is 30.3 Å². The fourth-order valence-corrected chi connectivity index (χ4v) is 4.30. The lowest BCUT2D eigenvalue weighted by molar-refractivity contribution is -0.117. The molecule has 2 aliphatic rings. The number of aryl methyl sites for hydroxylation is 3. The summed E-state index contributed by atoms with van der Waals surface area (Å²) in [6.07, 6.45) is 1.44. The molecular weight excluding hydrogens is 344 g/mol. The van der Waals surface area contributed by atoms with Gasteiger partial charge in [-0.15, -0.1) is 0 Å². The van der Waals surface area contributed by atoms with E-state index in [1.165, 1.54) is 0 Å². The first kappa shape index (κ1) is 19.6. The molecule has 1 saturated heterocycles. The predicted molar refractivity (Wildman–Crippen MR) is 102 cm³/mol. The van der Waals surface area contributed by atoms with Crippen molar-refractivity contribution in [3.8, 4) is 0 Å². The number of allylic oxidation sites excluding steroid dienone is 2. The van der Waals surface area contributed by atoms with Crippen LogP contribution in [-0.2, 0) is 19.0 Å². The lowest BCUT2D eigenvalue weighted by Gasteiger charge is -2.15. The summed E-state index contributed by atoms with van der Waals surface area (Å²) in [5, 5.41) is 0.